The Bertz CT molecular complexity index is 1180. The van der Waals surface area contributed by atoms with E-state index in [1.807, 2.05) is 4.57 Å². The van der Waals surface area contributed by atoms with Crippen molar-refractivity contribution in [3.63, 3.8) is 0 Å². The molecule has 1 aliphatic heterocycles. The molecule has 3 rings (SSSR count). The lowest BCUT2D eigenvalue weighted by Crippen LogP contribution is -2.54. The van der Waals surface area contributed by atoms with Crippen LogP contribution in [0.25, 0.3) is 11.2 Å². The summed E-state index contributed by atoms with van der Waals surface area (Å²) in [5.74, 6) is 0.343. The first kappa shape index (κ1) is 33.3. The van der Waals surface area contributed by atoms with Gasteiger partial charge in [0.2, 0.25) is 0 Å². The maximum absolute atomic E-state index is 7.22. The molecule has 228 valence electrons. The molecule has 0 bridgehead atoms. The van der Waals surface area contributed by atoms with Crippen molar-refractivity contribution < 1.29 is 18.0 Å². The Hall–Kier alpha value is -1.16. The number of fused-ring (bicyclic) bond motifs is 1. The minimum absolute atomic E-state index is 0.00158. The van der Waals surface area contributed by atoms with E-state index in [9.17, 15) is 0 Å². The highest BCUT2D eigenvalue weighted by molar-refractivity contribution is 6.75. The van der Waals surface area contributed by atoms with Crippen molar-refractivity contribution in [2.75, 3.05) is 12.3 Å². The molecule has 2 unspecified atom stereocenters. The lowest BCUT2D eigenvalue weighted by Gasteiger charge is -2.44. The van der Waals surface area contributed by atoms with Gasteiger partial charge in [0.1, 0.15) is 30.2 Å². The number of anilines is 1. The zero-order valence-corrected chi connectivity index (χ0v) is 30.7. The number of hydrogen-bond donors (Lipinski definition) is 1. The van der Waals surface area contributed by atoms with Crippen LogP contribution in [0.5, 0.6) is 0 Å². The van der Waals surface area contributed by atoms with Gasteiger partial charge >= 0.3 is 0 Å². The van der Waals surface area contributed by atoms with E-state index in [-0.39, 0.29) is 33.4 Å². The number of rotatable bonds is 8. The number of nitrogens with zero attached hydrogens (tertiary/aromatic N) is 4. The molecule has 1 saturated heterocycles. The largest absolute Gasteiger partial charge is 0.414 e. The van der Waals surface area contributed by atoms with E-state index in [1.54, 1.807) is 6.33 Å². The van der Waals surface area contributed by atoms with Crippen LogP contribution in [0.3, 0.4) is 0 Å². The summed E-state index contributed by atoms with van der Waals surface area (Å²) in [6, 6.07) is 0. The number of ether oxygens (including phenoxy) is 1. The summed E-state index contributed by atoms with van der Waals surface area (Å²) in [6.07, 6.45) is 1.69. The molecule has 9 nitrogen and oxygen atoms in total. The number of nitrogens with two attached hydrogens (primary N) is 1. The van der Waals surface area contributed by atoms with Gasteiger partial charge in [0, 0.05) is 0 Å². The van der Waals surface area contributed by atoms with Gasteiger partial charge in [-0.3, -0.25) is 4.57 Å². The summed E-state index contributed by atoms with van der Waals surface area (Å²) in [7, 11) is -6.52. The van der Waals surface area contributed by atoms with Crippen molar-refractivity contribution in [3.8, 4) is 0 Å². The molecular weight excluding hydrogens is 555 g/mol. The first-order chi connectivity index (χ1) is 17.9. The first-order valence-corrected chi connectivity index (χ1v) is 23.2. The monoisotopic (exact) mass is 609 g/mol. The third-order valence-corrected chi connectivity index (χ3v) is 23.3. The number of imidazole rings is 1. The fourth-order valence-electron chi connectivity index (χ4n) is 3.93. The summed E-state index contributed by atoms with van der Waals surface area (Å²) < 4.78 is 30.1. The first-order valence-electron chi connectivity index (χ1n) is 14.5. The number of hydrogen-bond acceptors (Lipinski definition) is 8. The Morgan fingerprint density at radius 3 is 1.77 bits per heavy atom. The van der Waals surface area contributed by atoms with Gasteiger partial charge in [-0.15, -0.1) is 0 Å². The highest BCUT2D eigenvalue weighted by Gasteiger charge is 2.55. The standard InChI is InChI=1S/C28H55N5O4Si3/c1-26(2,3)38(10,11)34-16-19-21(36-39(12,13)27(4,5)6)22(37-40(14,15)28(7,8)9)25(35-19)33-18-32-20-23(29)30-17-31-24(20)33/h17-19,21-22,25H,16H2,1-15H3,(H2,29,30,31)/t19-,21?,22?,25-/m1/s1. The predicted molar refractivity (Wildman–Crippen MR) is 171 cm³/mol. The van der Waals surface area contributed by atoms with Gasteiger partial charge in [0.05, 0.1) is 12.9 Å². The summed E-state index contributed by atoms with van der Waals surface area (Å²) >= 11 is 0. The lowest BCUT2D eigenvalue weighted by molar-refractivity contribution is -0.0470. The van der Waals surface area contributed by atoms with Gasteiger partial charge in [0.25, 0.3) is 0 Å². The molecule has 0 aromatic carbocycles. The fourth-order valence-corrected chi connectivity index (χ4v) is 7.55. The second kappa shape index (κ2) is 10.8. The predicted octanol–water partition coefficient (Wildman–Crippen LogP) is 7.11. The molecule has 40 heavy (non-hydrogen) atoms. The molecule has 2 aromatic heterocycles. The van der Waals surface area contributed by atoms with Gasteiger partial charge < -0.3 is 23.7 Å². The van der Waals surface area contributed by atoms with E-state index in [0.29, 0.717) is 23.6 Å². The van der Waals surface area contributed by atoms with Gasteiger partial charge in [0.15, 0.2) is 42.6 Å². The Kier molecular flexibility index (Phi) is 9.03. The smallest absolute Gasteiger partial charge is 0.192 e. The van der Waals surface area contributed by atoms with E-state index < -0.39 is 31.2 Å². The Morgan fingerprint density at radius 2 is 1.27 bits per heavy atom. The average molecular weight is 610 g/mol. The molecule has 0 aliphatic carbocycles. The van der Waals surface area contributed by atoms with Crippen LogP contribution in [-0.4, -0.2) is 69.4 Å². The highest BCUT2D eigenvalue weighted by atomic mass is 28.4. The molecule has 0 radical (unpaired) electrons. The fraction of sp³-hybridized carbons (Fsp3) is 0.821. The van der Waals surface area contributed by atoms with Crippen LogP contribution in [0.1, 0.15) is 68.5 Å². The summed E-state index contributed by atoms with van der Waals surface area (Å²) in [5, 5.41) is 0.0893. The quantitative estimate of drug-likeness (QED) is 0.316. The average Bonchev–Trinajstić information content (AvgIpc) is 3.32. The second-order valence-corrected chi connectivity index (χ2v) is 30.2. The maximum Gasteiger partial charge on any atom is 0.192 e. The van der Waals surface area contributed by atoms with Gasteiger partial charge in [-0.2, -0.15) is 0 Å². The van der Waals surface area contributed by atoms with E-state index in [2.05, 4.69) is 117 Å². The van der Waals surface area contributed by atoms with Crippen molar-refractivity contribution in [1.29, 1.82) is 0 Å². The van der Waals surface area contributed by atoms with Crippen LogP contribution in [-0.2, 0) is 18.0 Å². The van der Waals surface area contributed by atoms with E-state index in [0.717, 1.165) is 0 Å². The van der Waals surface area contributed by atoms with E-state index >= 15 is 0 Å². The third-order valence-electron chi connectivity index (χ3n) is 9.84. The van der Waals surface area contributed by atoms with E-state index in [4.69, 9.17) is 23.7 Å². The number of aromatic nitrogens is 4. The van der Waals surface area contributed by atoms with Crippen molar-refractivity contribution in [2.45, 2.75) is 141 Å². The van der Waals surface area contributed by atoms with Crippen molar-refractivity contribution in [1.82, 2.24) is 19.5 Å². The molecular formula is C28H55N5O4Si3. The minimum atomic E-state index is -2.25. The second-order valence-electron chi connectivity index (χ2n) is 15.9. The summed E-state index contributed by atoms with van der Waals surface area (Å²) in [5.41, 5.74) is 7.34. The van der Waals surface area contributed by atoms with Crippen molar-refractivity contribution in [2.24, 2.45) is 0 Å². The normalized spacial score (nSPS) is 23.8. The highest BCUT2D eigenvalue weighted by Crippen LogP contribution is 2.47. The number of nitrogen functional groups attached to an aromatic ring is 1. The molecule has 1 aliphatic rings. The Balaban J connectivity index is 2.15. The van der Waals surface area contributed by atoms with Gasteiger partial charge in [-0.25, -0.2) is 15.0 Å². The third kappa shape index (κ3) is 6.57. The van der Waals surface area contributed by atoms with Crippen molar-refractivity contribution in [3.05, 3.63) is 12.7 Å². The van der Waals surface area contributed by atoms with Crippen LogP contribution in [0.15, 0.2) is 12.7 Å². The molecule has 4 atom stereocenters. The molecule has 3 heterocycles. The summed E-state index contributed by atoms with van der Waals surface area (Å²) in [4.78, 5) is 13.2. The lowest BCUT2D eigenvalue weighted by atomic mass is 10.1. The molecule has 1 fully saturated rings. The van der Waals surface area contributed by atoms with Crippen LogP contribution in [0, 0.1) is 0 Å². The van der Waals surface area contributed by atoms with Crippen LogP contribution < -0.4 is 5.73 Å². The molecule has 0 amide bonds. The van der Waals surface area contributed by atoms with Crippen LogP contribution >= 0.6 is 0 Å². The molecule has 2 aromatic rings. The maximum atomic E-state index is 7.22. The van der Waals surface area contributed by atoms with Gasteiger partial charge in [-0.1, -0.05) is 62.3 Å². The van der Waals surface area contributed by atoms with Gasteiger partial charge in [-0.05, 0) is 54.4 Å². The van der Waals surface area contributed by atoms with E-state index in [1.165, 1.54) is 6.33 Å². The zero-order chi connectivity index (χ0) is 30.7. The molecule has 0 spiro atoms. The van der Waals surface area contributed by atoms with Crippen molar-refractivity contribution >= 4 is 41.9 Å². The van der Waals surface area contributed by atoms with Crippen LogP contribution in [0.4, 0.5) is 5.82 Å². The summed E-state index contributed by atoms with van der Waals surface area (Å²) in [6.45, 7) is 34.4. The topological polar surface area (TPSA) is 107 Å². The Morgan fingerprint density at radius 1 is 0.775 bits per heavy atom. The minimum Gasteiger partial charge on any atom is -0.414 e. The molecule has 0 saturated carbocycles. The molecule has 12 heteroatoms. The van der Waals surface area contributed by atoms with Crippen LogP contribution in [0.2, 0.25) is 54.4 Å². The Labute approximate surface area is 245 Å². The molecule has 2 N–H and O–H groups in total. The SMILES string of the molecule is CC(C)(C)[Si](C)(C)OC[C@H]1O[C@@H](n2cnc3c(N)ncnc32)C(O[Si](C)(C)C(C)(C)C)C1O[Si](C)(C)C(C)(C)C. The zero-order valence-electron chi connectivity index (χ0n) is 27.7.